The van der Waals surface area contributed by atoms with Crippen LogP contribution in [-0.2, 0) is 17.3 Å². The molecule has 5 heterocycles. The number of likely N-dealkylation sites (tertiary alicyclic amines) is 1. The largest absolute Gasteiger partial charge is 0.474 e. The van der Waals surface area contributed by atoms with Crippen molar-refractivity contribution in [2.75, 3.05) is 13.1 Å². The van der Waals surface area contributed by atoms with Crippen LogP contribution in [0.2, 0.25) is 0 Å². The number of nitrogens with zero attached hydrogens (tertiary/aromatic N) is 7. The number of nitriles is 1. The second-order valence-electron chi connectivity index (χ2n) is 11.8. The van der Waals surface area contributed by atoms with Gasteiger partial charge in [0.2, 0.25) is 5.88 Å². The van der Waals surface area contributed by atoms with E-state index in [1.54, 1.807) is 6.20 Å². The number of rotatable bonds is 7. The average Bonchev–Trinajstić information content (AvgIpc) is 3.66. The van der Waals surface area contributed by atoms with E-state index in [2.05, 4.69) is 36.0 Å². The molecule has 0 atom stereocenters. The Morgan fingerprint density at radius 3 is 2.52 bits per heavy atom. The van der Waals surface area contributed by atoms with Gasteiger partial charge < -0.3 is 14.8 Å². The molecule has 10 nitrogen and oxygen atoms in total. The Morgan fingerprint density at radius 1 is 1.14 bits per heavy atom. The highest BCUT2D eigenvalue weighted by molar-refractivity contribution is 5.90. The number of aromatic nitrogens is 6. The lowest BCUT2D eigenvalue weighted by molar-refractivity contribution is -0.141. The number of aromatic amines is 1. The number of pyridine rings is 1. The lowest BCUT2D eigenvalue weighted by Crippen LogP contribution is -2.65. The van der Waals surface area contributed by atoms with Crippen molar-refractivity contribution in [2.24, 2.45) is 0 Å². The molecular weight excluding hydrogens is 573 g/mol. The Kier molecular flexibility index (Phi) is 8.68. The van der Waals surface area contributed by atoms with Gasteiger partial charge in [-0.2, -0.15) is 23.5 Å². The molecule has 13 heteroatoms. The number of H-pyrrole nitrogens is 1. The second-order valence-corrected chi connectivity index (χ2v) is 11.8. The molecule has 0 radical (unpaired) electrons. The van der Waals surface area contributed by atoms with Crippen LogP contribution in [0, 0.1) is 11.3 Å². The molecule has 44 heavy (non-hydrogen) atoms. The van der Waals surface area contributed by atoms with Gasteiger partial charge in [-0.15, -0.1) is 0 Å². The molecule has 1 saturated carbocycles. The number of aliphatic hydroxyl groups is 1. The van der Waals surface area contributed by atoms with Gasteiger partial charge in [0.15, 0.2) is 0 Å². The van der Waals surface area contributed by atoms with Crippen molar-refractivity contribution < 1.29 is 23.0 Å². The summed E-state index contributed by atoms with van der Waals surface area (Å²) in [5.74, 6) is -0.127. The molecule has 234 valence electrons. The molecule has 2 N–H and O–H groups in total. The zero-order valence-corrected chi connectivity index (χ0v) is 25.3. The smallest absolute Gasteiger partial charge is 0.433 e. The fraction of sp³-hybridized carbons (Fsp3) is 0.516. The van der Waals surface area contributed by atoms with Gasteiger partial charge in [0.25, 0.3) is 0 Å². The summed E-state index contributed by atoms with van der Waals surface area (Å²) in [7, 11) is 0. The fourth-order valence-electron chi connectivity index (χ4n) is 6.02. The van der Waals surface area contributed by atoms with Crippen molar-refractivity contribution in [3.05, 3.63) is 54.4 Å². The summed E-state index contributed by atoms with van der Waals surface area (Å²) in [6.45, 7) is 8.20. The Balaban J connectivity index is 0.00000188. The van der Waals surface area contributed by atoms with E-state index in [9.17, 15) is 23.5 Å². The van der Waals surface area contributed by atoms with Gasteiger partial charge in [-0.05, 0) is 57.2 Å². The first kappa shape index (κ1) is 31.4. The maximum absolute atomic E-state index is 13.4. The maximum Gasteiger partial charge on any atom is 0.433 e. The minimum Gasteiger partial charge on any atom is -0.474 e. The minimum atomic E-state index is -4.65. The number of hydrogen-bond donors (Lipinski definition) is 2. The van der Waals surface area contributed by atoms with Gasteiger partial charge in [-0.25, -0.2) is 15.0 Å². The first-order chi connectivity index (χ1) is 20.9. The zero-order chi connectivity index (χ0) is 31.7. The van der Waals surface area contributed by atoms with Gasteiger partial charge in [0.1, 0.15) is 29.3 Å². The molecule has 4 aromatic rings. The van der Waals surface area contributed by atoms with Gasteiger partial charge in [-0.1, -0.05) is 13.8 Å². The quantitative estimate of drug-likeness (QED) is 0.269. The number of hydrogen-bond acceptors (Lipinski definition) is 8. The summed E-state index contributed by atoms with van der Waals surface area (Å²) in [4.78, 5) is 17.8. The SMILES string of the molecule is CC.CC(C)(O)c1cc(OC2CCC(N3CC(CC#N)(n4cc(-c5ncnc6[nH]ccc56)cn4)C3)CC2)nc(C(F)(F)F)c1. The van der Waals surface area contributed by atoms with Gasteiger partial charge >= 0.3 is 6.18 Å². The van der Waals surface area contributed by atoms with Crippen LogP contribution in [0.5, 0.6) is 5.88 Å². The Morgan fingerprint density at radius 2 is 1.86 bits per heavy atom. The molecule has 0 aromatic carbocycles. The average molecular weight is 611 g/mol. The van der Waals surface area contributed by atoms with Crippen LogP contribution in [0.25, 0.3) is 22.3 Å². The maximum atomic E-state index is 13.4. The van der Waals surface area contributed by atoms with Crippen molar-refractivity contribution in [1.29, 1.82) is 5.26 Å². The summed E-state index contributed by atoms with van der Waals surface area (Å²) in [6, 6.07) is 6.77. The summed E-state index contributed by atoms with van der Waals surface area (Å²) in [5.41, 5.74) is -0.521. The third kappa shape index (κ3) is 6.27. The van der Waals surface area contributed by atoms with Crippen LogP contribution < -0.4 is 4.74 Å². The Hall–Kier alpha value is -4.02. The molecule has 2 fully saturated rings. The molecule has 0 unspecified atom stereocenters. The molecule has 0 amide bonds. The number of fused-ring (bicyclic) bond motifs is 1. The van der Waals surface area contributed by atoms with E-state index in [-0.39, 0.29) is 23.6 Å². The van der Waals surface area contributed by atoms with E-state index >= 15 is 0 Å². The van der Waals surface area contributed by atoms with Crippen LogP contribution in [0.1, 0.15) is 71.1 Å². The summed E-state index contributed by atoms with van der Waals surface area (Å²) >= 11 is 0. The first-order valence-corrected chi connectivity index (χ1v) is 14.9. The predicted molar refractivity (Wildman–Crippen MR) is 157 cm³/mol. The van der Waals surface area contributed by atoms with Gasteiger partial charge in [0, 0.05) is 48.5 Å². The molecule has 2 aliphatic rings. The van der Waals surface area contributed by atoms with Crippen LogP contribution in [0.15, 0.2) is 43.1 Å². The summed E-state index contributed by atoms with van der Waals surface area (Å²) in [5, 5.41) is 25.5. The fourth-order valence-corrected chi connectivity index (χ4v) is 6.02. The molecule has 1 saturated heterocycles. The normalized spacial score (nSPS) is 20.3. The number of halogens is 3. The van der Waals surface area contributed by atoms with Crippen molar-refractivity contribution in [3.8, 4) is 23.2 Å². The van der Waals surface area contributed by atoms with Crippen molar-refractivity contribution in [2.45, 2.75) is 89.3 Å². The molecule has 0 spiro atoms. The summed E-state index contributed by atoms with van der Waals surface area (Å²) < 4.78 is 48.1. The Labute approximate surface area is 253 Å². The molecule has 4 aromatic heterocycles. The molecule has 0 bridgehead atoms. The van der Waals surface area contributed by atoms with Crippen LogP contribution in [0.3, 0.4) is 0 Å². The second kappa shape index (κ2) is 12.2. The van der Waals surface area contributed by atoms with E-state index in [0.29, 0.717) is 32.4 Å². The summed E-state index contributed by atoms with van der Waals surface area (Å²) in [6.07, 6.45) is 5.37. The lowest BCUT2D eigenvalue weighted by Gasteiger charge is -2.53. The highest BCUT2D eigenvalue weighted by Crippen LogP contribution is 2.39. The molecular formula is C31H37F3N8O2. The van der Waals surface area contributed by atoms with Gasteiger partial charge in [0.05, 0.1) is 30.0 Å². The topological polar surface area (TPSA) is 129 Å². The van der Waals surface area contributed by atoms with Crippen molar-refractivity contribution >= 4 is 11.0 Å². The standard InChI is InChI=1S/C29H31F3N8O2.C2H6/c1-27(2,41)19-11-23(29(30,31)32)38-24(12-19)42-21-5-3-20(4-6-21)39-15-28(16-39,8-9-33)40-14-18(13-37-40)25-22-7-10-34-26(22)36-17-35-25;1-2/h7,10-14,17,20-21,41H,3-6,8,15-16H2,1-2H3,(H,34,35,36);1-2H3. The zero-order valence-electron chi connectivity index (χ0n) is 25.3. The minimum absolute atomic E-state index is 0.0990. The van der Waals surface area contributed by atoms with E-state index in [0.717, 1.165) is 41.2 Å². The van der Waals surface area contributed by atoms with Gasteiger partial charge in [-0.3, -0.25) is 9.58 Å². The van der Waals surface area contributed by atoms with Crippen molar-refractivity contribution in [1.82, 2.24) is 34.6 Å². The monoisotopic (exact) mass is 610 g/mol. The first-order valence-electron chi connectivity index (χ1n) is 14.9. The third-order valence-corrected chi connectivity index (χ3v) is 8.35. The van der Waals surface area contributed by atoms with Crippen LogP contribution in [0.4, 0.5) is 13.2 Å². The Bertz CT molecular complexity index is 1590. The lowest BCUT2D eigenvalue weighted by atomic mass is 9.82. The number of ether oxygens (including phenoxy) is 1. The van der Waals surface area contributed by atoms with Crippen LogP contribution >= 0.6 is 0 Å². The van der Waals surface area contributed by atoms with E-state index in [1.165, 1.54) is 26.2 Å². The molecule has 1 aliphatic carbocycles. The van der Waals surface area contributed by atoms with Crippen LogP contribution in [-0.4, -0.2) is 65.0 Å². The highest BCUT2D eigenvalue weighted by atomic mass is 19.4. The van der Waals surface area contributed by atoms with E-state index < -0.39 is 23.0 Å². The molecule has 6 rings (SSSR count). The predicted octanol–water partition coefficient (Wildman–Crippen LogP) is 5.80. The molecule has 1 aliphatic heterocycles. The number of alkyl halides is 3. The highest BCUT2D eigenvalue weighted by Gasteiger charge is 2.48. The third-order valence-electron chi connectivity index (χ3n) is 8.35. The van der Waals surface area contributed by atoms with Crippen molar-refractivity contribution in [3.63, 3.8) is 0 Å². The van der Waals surface area contributed by atoms with E-state index in [1.807, 2.05) is 37.0 Å². The van der Waals surface area contributed by atoms with E-state index in [4.69, 9.17) is 4.74 Å². The number of nitrogens with one attached hydrogen (secondary N) is 1.